The van der Waals surface area contributed by atoms with E-state index in [1.54, 1.807) is 4.68 Å². The Morgan fingerprint density at radius 1 is 1.31 bits per heavy atom. The number of carbonyl (C=O) groups excluding carboxylic acids is 1. The minimum atomic E-state index is 0.142. The lowest BCUT2D eigenvalue weighted by Gasteiger charge is -2.07. The zero-order chi connectivity index (χ0) is 11.5. The summed E-state index contributed by atoms with van der Waals surface area (Å²) in [5.74, 6) is 0.142. The van der Waals surface area contributed by atoms with Gasteiger partial charge >= 0.3 is 0 Å². The predicted octanol–water partition coefficient (Wildman–Crippen LogP) is 2.77. The molecule has 0 fully saturated rings. The monoisotopic (exact) mass is 214 g/mol. The van der Waals surface area contributed by atoms with Gasteiger partial charge in [-0.25, -0.2) is 4.68 Å². The molecule has 0 aliphatic carbocycles. The molecule has 0 amide bonds. The van der Waals surface area contributed by atoms with Crippen LogP contribution in [0.5, 0.6) is 0 Å². The van der Waals surface area contributed by atoms with Crippen molar-refractivity contribution in [2.45, 2.75) is 20.3 Å². The Hall–Kier alpha value is -1.90. The lowest BCUT2D eigenvalue weighted by atomic mass is 10.1. The first-order valence-electron chi connectivity index (χ1n) is 5.37. The van der Waals surface area contributed by atoms with Crippen molar-refractivity contribution in [3.8, 4) is 5.69 Å². The highest BCUT2D eigenvalue weighted by molar-refractivity contribution is 5.99. The third-order valence-electron chi connectivity index (χ3n) is 2.49. The van der Waals surface area contributed by atoms with Crippen molar-refractivity contribution in [1.82, 2.24) is 9.78 Å². The zero-order valence-electron chi connectivity index (χ0n) is 9.47. The molecule has 0 saturated heterocycles. The average Bonchev–Trinajstić information content (AvgIpc) is 2.75. The minimum absolute atomic E-state index is 0.142. The molecule has 0 unspecified atom stereocenters. The van der Waals surface area contributed by atoms with Gasteiger partial charge < -0.3 is 0 Å². The first-order chi connectivity index (χ1) is 7.72. The molecule has 2 rings (SSSR count). The number of rotatable bonds is 3. The summed E-state index contributed by atoms with van der Waals surface area (Å²) < 4.78 is 1.75. The standard InChI is InChI=1S/C13H14N2O/c1-3-13(16)11-6-4-5-7-12(11)15-9-8-10(2)14-15/h4-9H,3H2,1-2H3. The van der Waals surface area contributed by atoms with E-state index in [1.165, 1.54) is 0 Å². The van der Waals surface area contributed by atoms with Gasteiger partial charge in [0.05, 0.1) is 11.4 Å². The molecule has 1 heterocycles. The third kappa shape index (κ3) is 1.89. The van der Waals surface area contributed by atoms with Crippen LogP contribution in [0.3, 0.4) is 0 Å². The Morgan fingerprint density at radius 3 is 2.69 bits per heavy atom. The maximum atomic E-state index is 11.8. The molecule has 0 spiro atoms. The molecule has 0 aliphatic heterocycles. The Labute approximate surface area is 94.7 Å². The van der Waals surface area contributed by atoms with Crippen LogP contribution in [0.2, 0.25) is 0 Å². The number of ketones is 1. The van der Waals surface area contributed by atoms with Gasteiger partial charge in [-0.15, -0.1) is 0 Å². The molecule has 0 radical (unpaired) electrons. The molecule has 3 heteroatoms. The van der Waals surface area contributed by atoms with Gasteiger partial charge in [-0.2, -0.15) is 5.10 Å². The van der Waals surface area contributed by atoms with Crippen LogP contribution in [-0.2, 0) is 0 Å². The average molecular weight is 214 g/mol. The molecule has 0 N–H and O–H groups in total. The highest BCUT2D eigenvalue weighted by atomic mass is 16.1. The van der Waals surface area contributed by atoms with Crippen molar-refractivity contribution in [2.75, 3.05) is 0 Å². The Balaban J connectivity index is 2.52. The van der Waals surface area contributed by atoms with E-state index in [9.17, 15) is 4.79 Å². The van der Waals surface area contributed by atoms with Gasteiger partial charge in [0.1, 0.15) is 0 Å². The van der Waals surface area contributed by atoms with Crippen LogP contribution in [0.4, 0.5) is 0 Å². The summed E-state index contributed by atoms with van der Waals surface area (Å²) in [7, 11) is 0. The van der Waals surface area contributed by atoms with Gasteiger partial charge in [0.2, 0.25) is 0 Å². The molecule has 0 bridgehead atoms. The summed E-state index contributed by atoms with van der Waals surface area (Å²) in [6.07, 6.45) is 2.38. The third-order valence-corrected chi connectivity index (χ3v) is 2.49. The summed E-state index contributed by atoms with van der Waals surface area (Å²) in [6.45, 7) is 3.80. The van der Waals surface area contributed by atoms with E-state index in [1.807, 2.05) is 50.4 Å². The molecule has 0 atom stereocenters. The normalized spacial score (nSPS) is 10.4. The molecule has 1 aromatic carbocycles. The van der Waals surface area contributed by atoms with Crippen LogP contribution in [0.1, 0.15) is 29.4 Å². The van der Waals surface area contributed by atoms with Gasteiger partial charge in [-0.1, -0.05) is 19.1 Å². The summed E-state index contributed by atoms with van der Waals surface area (Å²) in [6, 6.07) is 9.47. The fourth-order valence-electron chi connectivity index (χ4n) is 1.65. The van der Waals surface area contributed by atoms with Crippen molar-refractivity contribution >= 4 is 5.78 Å². The highest BCUT2D eigenvalue weighted by Crippen LogP contribution is 2.15. The summed E-state index contributed by atoms with van der Waals surface area (Å²) in [5, 5.41) is 4.32. The predicted molar refractivity (Wildman–Crippen MR) is 62.9 cm³/mol. The molecular weight excluding hydrogens is 200 g/mol. The van der Waals surface area contributed by atoms with Crippen LogP contribution < -0.4 is 0 Å². The Bertz CT molecular complexity index is 514. The van der Waals surface area contributed by atoms with Crippen molar-refractivity contribution in [3.05, 3.63) is 47.8 Å². The molecule has 2 aromatic rings. The second kappa shape index (κ2) is 4.31. The summed E-state index contributed by atoms with van der Waals surface area (Å²) in [4.78, 5) is 11.8. The van der Waals surface area contributed by atoms with E-state index in [4.69, 9.17) is 0 Å². The van der Waals surface area contributed by atoms with E-state index in [0.717, 1.165) is 16.9 Å². The lowest BCUT2D eigenvalue weighted by molar-refractivity contribution is 0.0988. The molecular formula is C13H14N2O. The molecule has 1 aromatic heterocycles. The molecule has 0 saturated carbocycles. The van der Waals surface area contributed by atoms with Gasteiger partial charge in [0, 0.05) is 18.2 Å². The van der Waals surface area contributed by atoms with Gasteiger partial charge in [0.25, 0.3) is 0 Å². The SMILES string of the molecule is CCC(=O)c1ccccc1-n1ccc(C)n1. The number of para-hydroxylation sites is 1. The van der Waals surface area contributed by atoms with Gasteiger partial charge in [-0.3, -0.25) is 4.79 Å². The smallest absolute Gasteiger partial charge is 0.164 e. The van der Waals surface area contributed by atoms with Crippen LogP contribution in [0.25, 0.3) is 5.69 Å². The topological polar surface area (TPSA) is 34.9 Å². The Morgan fingerprint density at radius 2 is 2.06 bits per heavy atom. The van der Waals surface area contributed by atoms with E-state index in [0.29, 0.717) is 6.42 Å². The first kappa shape index (κ1) is 10.6. The highest BCUT2D eigenvalue weighted by Gasteiger charge is 2.10. The second-order valence-electron chi connectivity index (χ2n) is 3.70. The molecule has 3 nitrogen and oxygen atoms in total. The number of Topliss-reactive ketones (excluding diaryl/α,β-unsaturated/α-hetero) is 1. The maximum Gasteiger partial charge on any atom is 0.164 e. The van der Waals surface area contributed by atoms with Gasteiger partial charge in [0.15, 0.2) is 5.78 Å². The van der Waals surface area contributed by atoms with E-state index < -0.39 is 0 Å². The number of carbonyl (C=O) groups is 1. The number of hydrogen-bond donors (Lipinski definition) is 0. The first-order valence-corrected chi connectivity index (χ1v) is 5.37. The number of benzene rings is 1. The fourth-order valence-corrected chi connectivity index (χ4v) is 1.65. The second-order valence-corrected chi connectivity index (χ2v) is 3.70. The molecule has 16 heavy (non-hydrogen) atoms. The van der Waals surface area contributed by atoms with Gasteiger partial charge in [-0.05, 0) is 25.1 Å². The van der Waals surface area contributed by atoms with Crippen molar-refractivity contribution in [3.63, 3.8) is 0 Å². The molecule has 82 valence electrons. The fraction of sp³-hybridized carbons (Fsp3) is 0.231. The maximum absolute atomic E-state index is 11.8. The zero-order valence-corrected chi connectivity index (χ0v) is 9.47. The minimum Gasteiger partial charge on any atom is -0.294 e. The quantitative estimate of drug-likeness (QED) is 0.736. The van der Waals surface area contributed by atoms with Crippen molar-refractivity contribution in [1.29, 1.82) is 0 Å². The van der Waals surface area contributed by atoms with E-state index in [2.05, 4.69) is 5.10 Å². The number of nitrogens with zero attached hydrogens (tertiary/aromatic N) is 2. The van der Waals surface area contributed by atoms with Crippen LogP contribution >= 0.6 is 0 Å². The number of aromatic nitrogens is 2. The van der Waals surface area contributed by atoms with Crippen LogP contribution in [0.15, 0.2) is 36.5 Å². The Kier molecular flexibility index (Phi) is 2.86. The summed E-state index contributed by atoms with van der Waals surface area (Å²) in [5.41, 5.74) is 2.52. The van der Waals surface area contributed by atoms with E-state index >= 15 is 0 Å². The largest absolute Gasteiger partial charge is 0.294 e. The van der Waals surface area contributed by atoms with Crippen LogP contribution in [-0.4, -0.2) is 15.6 Å². The molecule has 0 aliphatic rings. The number of aryl methyl sites for hydroxylation is 1. The number of hydrogen-bond acceptors (Lipinski definition) is 2. The lowest BCUT2D eigenvalue weighted by Crippen LogP contribution is -2.05. The van der Waals surface area contributed by atoms with Crippen molar-refractivity contribution in [2.24, 2.45) is 0 Å². The van der Waals surface area contributed by atoms with Crippen LogP contribution in [0, 0.1) is 6.92 Å². The van der Waals surface area contributed by atoms with E-state index in [-0.39, 0.29) is 5.78 Å². The summed E-state index contributed by atoms with van der Waals surface area (Å²) >= 11 is 0. The van der Waals surface area contributed by atoms with Crippen molar-refractivity contribution < 1.29 is 4.79 Å².